The Balaban J connectivity index is 1.26. The average Bonchev–Trinajstić information content (AvgIpc) is 1.46. The second-order valence-corrected chi connectivity index (χ2v) is 22.0. The molecule has 0 spiro atoms. The summed E-state index contributed by atoms with van der Waals surface area (Å²) in [4.78, 5) is 33.6. The van der Waals surface area contributed by atoms with Crippen LogP contribution < -0.4 is 10.6 Å². The first-order valence-electron chi connectivity index (χ1n) is 28.9. The standard InChI is InChI=1S/C76H56N10/c1-47-35-39-61-57(43-47)58-44-48(2)36-40-62(58)85(61)69-65(75-81-71(51-23-11-5-12-24-51)79-72(82-75)52-25-13-6-14-26-52)68(78-56-33-21-10-22-34-56)70(86-63-41-37-49(3)45-59(63)60-46-50(4)38-42-64(60)86)66(67(69)77-55-31-19-9-20-32-55)76-83-73(53-27-15-7-16-28-53)80-74(84-76)54-29-17-8-18-30-54/h5-46,77-78H,1-4H3. The Morgan fingerprint density at radius 1 is 0.256 bits per heavy atom. The van der Waals surface area contributed by atoms with Crippen molar-refractivity contribution in [2.24, 2.45) is 0 Å². The molecule has 0 bridgehead atoms. The van der Waals surface area contributed by atoms with Gasteiger partial charge in [-0.15, -0.1) is 0 Å². The summed E-state index contributed by atoms with van der Waals surface area (Å²) in [5, 5.41) is 12.7. The SMILES string of the molecule is Cc1ccc2c(c1)c1cc(C)ccc1n2-c1c(Nc2ccccc2)c(-c2nc(-c3ccccc3)nc(-c3ccccc3)n2)c(-n2c3ccc(C)cc3c3cc(C)ccc32)c(Nc2ccccc2)c1-c1nc(-c2ccccc2)nc(-c2ccccc2)n1. The Hall–Kier alpha value is -11.4. The highest BCUT2D eigenvalue weighted by molar-refractivity contribution is 6.16. The van der Waals surface area contributed by atoms with Crippen LogP contribution in [0, 0.1) is 27.7 Å². The fourth-order valence-electron chi connectivity index (χ4n) is 12.0. The summed E-state index contributed by atoms with van der Waals surface area (Å²) in [6.45, 7) is 8.64. The van der Waals surface area contributed by atoms with Gasteiger partial charge in [-0.25, -0.2) is 29.9 Å². The maximum atomic E-state index is 5.74. The largest absolute Gasteiger partial charge is 0.353 e. The van der Waals surface area contributed by atoms with Gasteiger partial charge in [0.1, 0.15) is 0 Å². The van der Waals surface area contributed by atoms with Crippen LogP contribution in [-0.2, 0) is 0 Å². The maximum Gasteiger partial charge on any atom is 0.168 e. The van der Waals surface area contributed by atoms with Gasteiger partial charge in [0, 0.05) is 55.2 Å². The van der Waals surface area contributed by atoms with E-state index in [1.165, 1.54) is 0 Å². The number of anilines is 4. The Kier molecular flexibility index (Phi) is 12.8. The third kappa shape index (κ3) is 9.26. The predicted molar refractivity (Wildman–Crippen MR) is 353 cm³/mol. The van der Waals surface area contributed by atoms with Crippen LogP contribution in [0.5, 0.6) is 0 Å². The zero-order chi connectivity index (χ0) is 57.8. The second-order valence-electron chi connectivity index (χ2n) is 22.0. The van der Waals surface area contributed by atoms with E-state index in [4.69, 9.17) is 29.9 Å². The molecule has 0 aliphatic carbocycles. The highest BCUT2D eigenvalue weighted by atomic mass is 15.1. The summed E-state index contributed by atoms with van der Waals surface area (Å²) in [7, 11) is 0. The van der Waals surface area contributed by atoms with Gasteiger partial charge in [-0.3, -0.25) is 0 Å². The first kappa shape index (κ1) is 51.5. The number of para-hydroxylation sites is 2. The fourth-order valence-corrected chi connectivity index (χ4v) is 12.0. The second kappa shape index (κ2) is 21.4. The number of aryl methyl sites for hydroxylation is 4. The van der Waals surface area contributed by atoms with E-state index in [2.05, 4.69) is 217 Å². The third-order valence-corrected chi connectivity index (χ3v) is 16.0. The number of fused-ring (bicyclic) bond motifs is 6. The van der Waals surface area contributed by atoms with E-state index in [0.29, 0.717) is 57.4 Å². The number of hydrogen-bond donors (Lipinski definition) is 2. The van der Waals surface area contributed by atoms with Crippen molar-refractivity contribution >= 4 is 66.4 Å². The number of aromatic nitrogens is 8. The molecule has 15 rings (SSSR count). The first-order valence-corrected chi connectivity index (χ1v) is 28.9. The van der Waals surface area contributed by atoms with Gasteiger partial charge in [0.25, 0.3) is 0 Å². The topological polar surface area (TPSA) is 111 Å². The molecule has 10 heteroatoms. The molecule has 0 fully saturated rings. The minimum absolute atomic E-state index is 0.433. The molecule has 0 saturated carbocycles. The molecule has 0 aliphatic heterocycles. The van der Waals surface area contributed by atoms with Gasteiger partial charge in [-0.1, -0.05) is 204 Å². The maximum absolute atomic E-state index is 5.74. The summed E-state index contributed by atoms with van der Waals surface area (Å²) in [5.41, 5.74) is 17.8. The van der Waals surface area contributed by atoms with E-state index in [-0.39, 0.29) is 0 Å². The Morgan fingerprint density at radius 3 is 0.744 bits per heavy atom. The first-order chi connectivity index (χ1) is 42.3. The number of rotatable bonds is 12. The predicted octanol–water partition coefficient (Wildman–Crippen LogP) is 19.0. The summed E-state index contributed by atoms with van der Waals surface area (Å²) in [5.74, 6) is 2.93. The minimum Gasteiger partial charge on any atom is -0.353 e. The van der Waals surface area contributed by atoms with Gasteiger partial charge in [-0.05, 0) is 100 Å². The molecule has 0 radical (unpaired) electrons. The van der Waals surface area contributed by atoms with Crippen LogP contribution in [-0.4, -0.2) is 39.0 Å². The molecule has 0 amide bonds. The van der Waals surface area contributed by atoms with Crippen molar-refractivity contribution in [1.82, 2.24) is 39.0 Å². The van der Waals surface area contributed by atoms with Crippen LogP contribution in [0.1, 0.15) is 22.3 Å². The Labute approximate surface area is 497 Å². The van der Waals surface area contributed by atoms with Crippen molar-refractivity contribution in [2.75, 3.05) is 10.6 Å². The molecule has 10 nitrogen and oxygen atoms in total. The van der Waals surface area contributed by atoms with Gasteiger partial charge in [0.15, 0.2) is 34.9 Å². The molecule has 4 heterocycles. The van der Waals surface area contributed by atoms with Gasteiger partial charge in [0.05, 0.1) is 55.9 Å². The van der Waals surface area contributed by atoms with Crippen molar-refractivity contribution in [3.8, 4) is 79.7 Å². The van der Waals surface area contributed by atoms with Crippen molar-refractivity contribution in [2.45, 2.75) is 27.7 Å². The summed E-state index contributed by atoms with van der Waals surface area (Å²) < 4.78 is 4.80. The molecule has 410 valence electrons. The van der Waals surface area contributed by atoms with Crippen LogP contribution >= 0.6 is 0 Å². The summed E-state index contributed by atoms with van der Waals surface area (Å²) in [6, 6.07) is 88.5. The fraction of sp³-hybridized carbons (Fsp3) is 0.0526. The van der Waals surface area contributed by atoms with Crippen molar-refractivity contribution in [3.63, 3.8) is 0 Å². The lowest BCUT2D eigenvalue weighted by Gasteiger charge is -2.29. The summed E-state index contributed by atoms with van der Waals surface area (Å²) in [6.07, 6.45) is 0. The minimum atomic E-state index is 0.433. The van der Waals surface area contributed by atoms with Crippen LogP contribution in [0.3, 0.4) is 0 Å². The molecule has 2 N–H and O–H groups in total. The normalized spacial score (nSPS) is 11.5. The van der Waals surface area contributed by atoms with Gasteiger partial charge >= 0.3 is 0 Å². The molecule has 0 unspecified atom stereocenters. The highest BCUT2D eigenvalue weighted by Crippen LogP contribution is 2.54. The van der Waals surface area contributed by atoms with Crippen molar-refractivity contribution in [3.05, 3.63) is 277 Å². The zero-order valence-corrected chi connectivity index (χ0v) is 47.8. The molecule has 0 saturated heterocycles. The van der Waals surface area contributed by atoms with Gasteiger partial charge in [-0.2, -0.15) is 0 Å². The molecular formula is C76H56N10. The number of hydrogen-bond acceptors (Lipinski definition) is 8. The van der Waals surface area contributed by atoms with E-state index in [1.807, 2.05) is 84.9 Å². The lowest BCUT2D eigenvalue weighted by atomic mass is 9.96. The van der Waals surface area contributed by atoms with Gasteiger partial charge < -0.3 is 19.8 Å². The third-order valence-electron chi connectivity index (χ3n) is 16.0. The van der Waals surface area contributed by atoms with Crippen molar-refractivity contribution < 1.29 is 0 Å². The van der Waals surface area contributed by atoms with Gasteiger partial charge in [0.2, 0.25) is 0 Å². The monoisotopic (exact) mass is 1110 g/mol. The van der Waals surface area contributed by atoms with E-state index in [9.17, 15) is 0 Å². The highest BCUT2D eigenvalue weighted by Gasteiger charge is 2.35. The molecular weight excluding hydrogens is 1050 g/mol. The number of nitrogens with one attached hydrogen (secondary N) is 2. The average molecular weight is 1110 g/mol. The Morgan fingerprint density at radius 2 is 0.488 bits per heavy atom. The molecule has 0 aliphatic rings. The van der Waals surface area contributed by atoms with Crippen LogP contribution in [0.25, 0.3) is 123 Å². The molecule has 11 aromatic carbocycles. The number of benzene rings is 11. The van der Waals surface area contributed by atoms with E-state index in [1.54, 1.807) is 0 Å². The quantitative estimate of drug-likeness (QED) is 0.124. The summed E-state index contributed by atoms with van der Waals surface area (Å²) >= 11 is 0. The van der Waals surface area contributed by atoms with E-state index in [0.717, 1.165) is 111 Å². The zero-order valence-electron chi connectivity index (χ0n) is 47.8. The lowest BCUT2D eigenvalue weighted by Crippen LogP contribution is -2.15. The lowest BCUT2D eigenvalue weighted by molar-refractivity contribution is 1.05. The van der Waals surface area contributed by atoms with E-state index >= 15 is 0 Å². The van der Waals surface area contributed by atoms with Crippen LogP contribution in [0.15, 0.2) is 255 Å². The smallest absolute Gasteiger partial charge is 0.168 e. The van der Waals surface area contributed by atoms with Crippen LogP contribution in [0.4, 0.5) is 22.7 Å². The van der Waals surface area contributed by atoms with E-state index < -0.39 is 0 Å². The Bertz CT molecular complexity index is 4510. The molecule has 0 atom stereocenters. The van der Waals surface area contributed by atoms with Crippen LogP contribution in [0.2, 0.25) is 0 Å². The van der Waals surface area contributed by atoms with Crippen molar-refractivity contribution in [1.29, 1.82) is 0 Å². The molecule has 15 aromatic rings. The molecule has 4 aromatic heterocycles. The number of nitrogens with zero attached hydrogens (tertiary/aromatic N) is 8. The molecule has 86 heavy (non-hydrogen) atoms.